The second kappa shape index (κ2) is 6.28. The van der Waals surface area contributed by atoms with E-state index in [2.05, 4.69) is 5.32 Å². The van der Waals surface area contributed by atoms with Crippen molar-refractivity contribution < 1.29 is 9.90 Å². The molecule has 0 heterocycles. The molecule has 0 aromatic heterocycles. The van der Waals surface area contributed by atoms with Gasteiger partial charge in [0.2, 0.25) is 5.91 Å². The normalized spacial score (nSPS) is 12.2. The predicted molar refractivity (Wildman–Crippen MR) is 64.2 cm³/mol. The van der Waals surface area contributed by atoms with Crippen molar-refractivity contribution in [3.8, 4) is 0 Å². The molecular weight excluding hydrogens is 202 g/mol. The van der Waals surface area contributed by atoms with E-state index in [1.165, 1.54) is 5.56 Å². The molecule has 1 aromatic rings. The molecule has 1 atom stereocenters. The first kappa shape index (κ1) is 12.7. The van der Waals surface area contributed by atoms with E-state index in [-0.39, 0.29) is 18.6 Å². The van der Waals surface area contributed by atoms with Crippen LogP contribution in [0.4, 0.5) is 0 Å². The molecule has 0 aliphatic heterocycles. The molecule has 1 rings (SSSR count). The SMILES string of the molecule is CC[C@H](CO)NC(=O)Cc1ccc(C)cc1. The van der Waals surface area contributed by atoms with E-state index in [9.17, 15) is 4.79 Å². The molecule has 0 aliphatic carbocycles. The van der Waals surface area contributed by atoms with Gasteiger partial charge in [-0.05, 0) is 18.9 Å². The van der Waals surface area contributed by atoms with Crippen LogP contribution in [0.1, 0.15) is 24.5 Å². The maximum absolute atomic E-state index is 11.6. The molecule has 1 aromatic carbocycles. The summed E-state index contributed by atoms with van der Waals surface area (Å²) in [5.74, 6) is -0.0373. The molecule has 0 saturated heterocycles. The van der Waals surface area contributed by atoms with Gasteiger partial charge in [0.1, 0.15) is 0 Å². The molecule has 0 radical (unpaired) electrons. The molecule has 0 fully saturated rings. The lowest BCUT2D eigenvalue weighted by Gasteiger charge is -2.13. The third kappa shape index (κ3) is 4.03. The second-order valence-electron chi connectivity index (χ2n) is 4.02. The number of benzene rings is 1. The minimum atomic E-state index is -0.127. The van der Waals surface area contributed by atoms with E-state index in [0.29, 0.717) is 6.42 Å². The summed E-state index contributed by atoms with van der Waals surface area (Å²) in [6, 6.07) is 7.76. The summed E-state index contributed by atoms with van der Waals surface area (Å²) in [5, 5.41) is 11.8. The molecule has 88 valence electrons. The van der Waals surface area contributed by atoms with Crippen LogP contribution in [0.25, 0.3) is 0 Å². The zero-order valence-corrected chi connectivity index (χ0v) is 9.86. The number of aliphatic hydroxyl groups is 1. The molecule has 16 heavy (non-hydrogen) atoms. The van der Waals surface area contributed by atoms with Gasteiger partial charge in [0.05, 0.1) is 19.1 Å². The zero-order chi connectivity index (χ0) is 12.0. The number of aliphatic hydroxyl groups excluding tert-OH is 1. The maximum Gasteiger partial charge on any atom is 0.224 e. The summed E-state index contributed by atoms with van der Waals surface area (Å²) < 4.78 is 0. The maximum atomic E-state index is 11.6. The summed E-state index contributed by atoms with van der Waals surface area (Å²) >= 11 is 0. The van der Waals surface area contributed by atoms with Crippen molar-refractivity contribution in [1.82, 2.24) is 5.32 Å². The third-order valence-electron chi connectivity index (χ3n) is 2.56. The summed E-state index contributed by atoms with van der Waals surface area (Å²) in [7, 11) is 0. The smallest absolute Gasteiger partial charge is 0.224 e. The van der Waals surface area contributed by atoms with E-state index in [0.717, 1.165) is 12.0 Å². The Morgan fingerprint density at radius 2 is 2.00 bits per heavy atom. The highest BCUT2D eigenvalue weighted by atomic mass is 16.3. The lowest BCUT2D eigenvalue weighted by Crippen LogP contribution is -2.37. The quantitative estimate of drug-likeness (QED) is 0.790. The molecule has 3 heteroatoms. The number of carbonyl (C=O) groups is 1. The Hall–Kier alpha value is -1.35. The Kier molecular flexibility index (Phi) is 4.99. The molecule has 1 amide bonds. The van der Waals surface area contributed by atoms with Gasteiger partial charge >= 0.3 is 0 Å². The van der Waals surface area contributed by atoms with Crippen LogP contribution < -0.4 is 5.32 Å². The standard InChI is InChI=1S/C13H19NO2/c1-3-12(9-15)14-13(16)8-11-6-4-10(2)5-7-11/h4-7,12,15H,3,8-9H2,1-2H3,(H,14,16)/t12-/m1/s1. The van der Waals surface area contributed by atoms with Crippen LogP contribution in [0.5, 0.6) is 0 Å². The van der Waals surface area contributed by atoms with Crippen LogP contribution >= 0.6 is 0 Å². The van der Waals surface area contributed by atoms with Crippen LogP contribution in [0.2, 0.25) is 0 Å². The molecule has 0 bridgehead atoms. The Labute approximate surface area is 96.5 Å². The molecule has 0 spiro atoms. The molecule has 0 saturated carbocycles. The molecule has 0 aliphatic rings. The van der Waals surface area contributed by atoms with Crippen LogP contribution in [0.3, 0.4) is 0 Å². The molecular formula is C13H19NO2. The Balaban J connectivity index is 2.48. The molecule has 0 unspecified atom stereocenters. The van der Waals surface area contributed by atoms with E-state index in [1.807, 2.05) is 38.1 Å². The summed E-state index contributed by atoms with van der Waals surface area (Å²) in [6.45, 7) is 3.95. The van der Waals surface area contributed by atoms with Crippen molar-refractivity contribution in [2.75, 3.05) is 6.61 Å². The monoisotopic (exact) mass is 221 g/mol. The number of amides is 1. The number of aryl methyl sites for hydroxylation is 1. The molecule has 3 nitrogen and oxygen atoms in total. The van der Waals surface area contributed by atoms with E-state index in [4.69, 9.17) is 5.11 Å². The first-order valence-corrected chi connectivity index (χ1v) is 5.61. The predicted octanol–water partition coefficient (Wildman–Crippen LogP) is 1.42. The van der Waals surface area contributed by atoms with Crippen molar-refractivity contribution in [3.05, 3.63) is 35.4 Å². The Morgan fingerprint density at radius 3 is 2.50 bits per heavy atom. The number of hydrogen-bond donors (Lipinski definition) is 2. The largest absolute Gasteiger partial charge is 0.394 e. The van der Waals surface area contributed by atoms with E-state index < -0.39 is 0 Å². The Bertz CT molecular complexity index is 328. The summed E-state index contributed by atoms with van der Waals surface area (Å²) in [6.07, 6.45) is 1.12. The fourth-order valence-corrected chi connectivity index (χ4v) is 1.45. The number of hydrogen-bond acceptors (Lipinski definition) is 2. The van der Waals surface area contributed by atoms with Gasteiger partial charge in [-0.25, -0.2) is 0 Å². The summed E-state index contributed by atoms with van der Waals surface area (Å²) in [4.78, 5) is 11.6. The number of carbonyl (C=O) groups excluding carboxylic acids is 1. The van der Waals surface area contributed by atoms with E-state index in [1.54, 1.807) is 0 Å². The van der Waals surface area contributed by atoms with Gasteiger partial charge in [0.15, 0.2) is 0 Å². The average Bonchev–Trinajstić information content (AvgIpc) is 2.29. The minimum absolute atomic E-state index is 0.00383. The van der Waals surface area contributed by atoms with Crippen molar-refractivity contribution in [2.45, 2.75) is 32.7 Å². The van der Waals surface area contributed by atoms with Crippen molar-refractivity contribution in [2.24, 2.45) is 0 Å². The van der Waals surface area contributed by atoms with Gasteiger partial charge in [-0.15, -0.1) is 0 Å². The highest BCUT2D eigenvalue weighted by Gasteiger charge is 2.09. The van der Waals surface area contributed by atoms with Crippen molar-refractivity contribution in [1.29, 1.82) is 0 Å². The number of nitrogens with one attached hydrogen (secondary N) is 1. The molecule has 2 N–H and O–H groups in total. The lowest BCUT2D eigenvalue weighted by molar-refractivity contribution is -0.121. The van der Waals surface area contributed by atoms with Gasteiger partial charge < -0.3 is 10.4 Å². The highest BCUT2D eigenvalue weighted by Crippen LogP contribution is 2.04. The van der Waals surface area contributed by atoms with Gasteiger partial charge in [0, 0.05) is 0 Å². The fraction of sp³-hybridized carbons (Fsp3) is 0.462. The van der Waals surface area contributed by atoms with Crippen LogP contribution in [-0.2, 0) is 11.2 Å². The lowest BCUT2D eigenvalue weighted by atomic mass is 10.1. The third-order valence-corrected chi connectivity index (χ3v) is 2.56. The van der Waals surface area contributed by atoms with Crippen molar-refractivity contribution >= 4 is 5.91 Å². The highest BCUT2D eigenvalue weighted by molar-refractivity contribution is 5.78. The van der Waals surface area contributed by atoms with Crippen LogP contribution in [0, 0.1) is 6.92 Å². The zero-order valence-electron chi connectivity index (χ0n) is 9.86. The van der Waals surface area contributed by atoms with Crippen LogP contribution in [0.15, 0.2) is 24.3 Å². The van der Waals surface area contributed by atoms with Gasteiger partial charge in [-0.1, -0.05) is 36.8 Å². The first-order valence-electron chi connectivity index (χ1n) is 5.61. The fourth-order valence-electron chi connectivity index (χ4n) is 1.45. The second-order valence-corrected chi connectivity index (χ2v) is 4.02. The van der Waals surface area contributed by atoms with Gasteiger partial charge in [-0.2, -0.15) is 0 Å². The minimum Gasteiger partial charge on any atom is -0.394 e. The van der Waals surface area contributed by atoms with Gasteiger partial charge in [0.25, 0.3) is 0 Å². The number of rotatable bonds is 5. The van der Waals surface area contributed by atoms with Crippen LogP contribution in [-0.4, -0.2) is 23.7 Å². The Morgan fingerprint density at radius 1 is 1.38 bits per heavy atom. The van der Waals surface area contributed by atoms with E-state index >= 15 is 0 Å². The summed E-state index contributed by atoms with van der Waals surface area (Å²) in [5.41, 5.74) is 2.18. The average molecular weight is 221 g/mol. The van der Waals surface area contributed by atoms with Gasteiger partial charge in [-0.3, -0.25) is 4.79 Å². The topological polar surface area (TPSA) is 49.3 Å². The van der Waals surface area contributed by atoms with Crippen molar-refractivity contribution in [3.63, 3.8) is 0 Å². The first-order chi connectivity index (χ1) is 7.65.